The van der Waals surface area contributed by atoms with Gasteiger partial charge in [-0.1, -0.05) is 153 Å². The van der Waals surface area contributed by atoms with E-state index in [2.05, 4.69) is 219 Å². The predicted molar refractivity (Wildman–Crippen MR) is 248 cm³/mol. The normalized spacial score (nSPS) is 12.7. The highest BCUT2D eigenvalue weighted by molar-refractivity contribution is 6.06. The van der Waals surface area contributed by atoms with E-state index in [-0.39, 0.29) is 5.41 Å². The third-order valence-corrected chi connectivity index (χ3v) is 12.3. The average molecular weight is 756 g/mol. The van der Waals surface area contributed by atoms with Crippen LogP contribution in [0.5, 0.6) is 0 Å². The molecule has 1 aliphatic rings. The third-order valence-electron chi connectivity index (χ3n) is 12.3. The van der Waals surface area contributed by atoms with Gasteiger partial charge < -0.3 is 9.32 Å². The van der Waals surface area contributed by atoms with Gasteiger partial charge in [0.1, 0.15) is 11.2 Å². The lowest BCUT2D eigenvalue weighted by Crippen LogP contribution is -2.15. The molecule has 1 heterocycles. The van der Waals surface area contributed by atoms with Gasteiger partial charge in [0.05, 0.1) is 0 Å². The molecule has 0 saturated carbocycles. The largest absolute Gasteiger partial charge is 0.456 e. The molecule has 0 bridgehead atoms. The molecule has 0 radical (unpaired) electrons. The van der Waals surface area contributed by atoms with Crippen LogP contribution in [0.2, 0.25) is 0 Å². The van der Waals surface area contributed by atoms with Crippen molar-refractivity contribution in [2.75, 3.05) is 4.90 Å². The second-order valence-electron chi connectivity index (χ2n) is 16.1. The number of benzene rings is 9. The Bertz CT molecular complexity index is 3160. The molecule has 1 aliphatic carbocycles. The van der Waals surface area contributed by atoms with Crippen LogP contribution >= 0.6 is 0 Å². The van der Waals surface area contributed by atoms with Crippen molar-refractivity contribution < 1.29 is 4.42 Å². The number of anilines is 3. The number of hydrogen-bond acceptors (Lipinski definition) is 2. The van der Waals surface area contributed by atoms with E-state index in [1.165, 1.54) is 55.6 Å². The number of furan rings is 1. The lowest BCUT2D eigenvalue weighted by atomic mass is 9.80. The zero-order valence-corrected chi connectivity index (χ0v) is 33.1. The quantitative estimate of drug-likeness (QED) is 0.161. The van der Waals surface area contributed by atoms with Gasteiger partial charge in [-0.3, -0.25) is 0 Å². The molecular formula is C57H41NO. The maximum absolute atomic E-state index is 6.23. The van der Waals surface area contributed by atoms with Gasteiger partial charge in [-0.2, -0.15) is 0 Å². The van der Waals surface area contributed by atoms with E-state index in [1.807, 2.05) is 12.1 Å². The highest BCUT2D eigenvalue weighted by Crippen LogP contribution is 2.54. The van der Waals surface area contributed by atoms with E-state index in [0.29, 0.717) is 0 Å². The molecule has 0 saturated heterocycles. The highest BCUT2D eigenvalue weighted by Gasteiger charge is 2.38. The van der Waals surface area contributed by atoms with Gasteiger partial charge in [0.15, 0.2) is 0 Å². The SMILES string of the molecule is CC1(C)c2ccc(-c3cccc(N(c4ccccc4)c4ccc(-c5ccc6c(c5)oc5ccccc56)cc4)c3)cc2-c2c(-c3ccccc3)cc(-c3ccccc3)cc21. The molecule has 1 aromatic heterocycles. The number of hydrogen-bond donors (Lipinski definition) is 0. The van der Waals surface area contributed by atoms with Crippen molar-refractivity contribution in [1.29, 1.82) is 0 Å². The molecule has 59 heavy (non-hydrogen) atoms. The molecule has 2 nitrogen and oxygen atoms in total. The van der Waals surface area contributed by atoms with Crippen LogP contribution in [-0.4, -0.2) is 0 Å². The van der Waals surface area contributed by atoms with Crippen molar-refractivity contribution in [1.82, 2.24) is 0 Å². The fourth-order valence-electron chi connectivity index (χ4n) is 9.25. The maximum atomic E-state index is 6.23. The van der Waals surface area contributed by atoms with E-state index in [9.17, 15) is 0 Å². The Morgan fingerprint density at radius 2 is 0.881 bits per heavy atom. The summed E-state index contributed by atoms with van der Waals surface area (Å²) in [6.45, 7) is 4.75. The van der Waals surface area contributed by atoms with Gasteiger partial charge in [-0.25, -0.2) is 0 Å². The minimum Gasteiger partial charge on any atom is -0.456 e. The minimum absolute atomic E-state index is 0.159. The number of para-hydroxylation sites is 2. The second kappa shape index (κ2) is 13.9. The van der Waals surface area contributed by atoms with Crippen molar-refractivity contribution in [3.8, 4) is 55.6 Å². The number of fused-ring (bicyclic) bond motifs is 6. The lowest BCUT2D eigenvalue weighted by molar-refractivity contribution is 0.661. The van der Waals surface area contributed by atoms with Crippen LogP contribution in [0.25, 0.3) is 77.6 Å². The molecule has 0 atom stereocenters. The van der Waals surface area contributed by atoms with Crippen molar-refractivity contribution in [3.63, 3.8) is 0 Å². The van der Waals surface area contributed by atoms with Gasteiger partial charge >= 0.3 is 0 Å². The Balaban J connectivity index is 0.991. The fourth-order valence-corrected chi connectivity index (χ4v) is 9.25. The smallest absolute Gasteiger partial charge is 0.136 e. The maximum Gasteiger partial charge on any atom is 0.136 e. The first-order chi connectivity index (χ1) is 29.0. The lowest BCUT2D eigenvalue weighted by Gasteiger charge is -2.26. The zero-order valence-electron chi connectivity index (χ0n) is 33.1. The van der Waals surface area contributed by atoms with Crippen molar-refractivity contribution in [3.05, 3.63) is 223 Å². The molecule has 10 aromatic rings. The standard InChI is InChI=1S/C57H41NO/c1-57(2)52-32-28-42(34-51(52)56-50(40-17-8-4-9-18-40)35-44(36-53(56)57)38-15-6-3-7-16-38)41-19-14-22-47(33-41)58(45-20-10-5-11-21-45)46-29-25-39(26-30-46)43-27-31-49-48-23-12-13-24-54(48)59-55(49)37-43/h3-37H,1-2H3. The van der Waals surface area contributed by atoms with E-state index in [1.54, 1.807) is 0 Å². The zero-order chi connectivity index (χ0) is 39.5. The van der Waals surface area contributed by atoms with Crippen LogP contribution in [0.15, 0.2) is 217 Å². The van der Waals surface area contributed by atoms with Crippen LogP contribution < -0.4 is 4.90 Å². The summed E-state index contributed by atoms with van der Waals surface area (Å²) in [5.41, 5.74) is 20.0. The van der Waals surface area contributed by atoms with Crippen LogP contribution in [0, 0.1) is 0 Å². The molecule has 2 heteroatoms. The summed E-state index contributed by atoms with van der Waals surface area (Å²) < 4.78 is 6.23. The number of rotatable bonds is 7. The van der Waals surface area contributed by atoms with E-state index in [0.717, 1.165) is 50.1 Å². The summed E-state index contributed by atoms with van der Waals surface area (Å²) in [7, 11) is 0. The van der Waals surface area contributed by atoms with Gasteiger partial charge in [-0.05, 0) is 140 Å². The third kappa shape index (κ3) is 5.96. The first kappa shape index (κ1) is 34.8. The predicted octanol–water partition coefficient (Wildman–Crippen LogP) is 16.0. The summed E-state index contributed by atoms with van der Waals surface area (Å²) in [4.78, 5) is 2.35. The molecule has 280 valence electrons. The Morgan fingerprint density at radius 3 is 1.66 bits per heavy atom. The van der Waals surface area contributed by atoms with Crippen LogP contribution in [0.3, 0.4) is 0 Å². The molecule has 0 fully saturated rings. The second-order valence-corrected chi connectivity index (χ2v) is 16.1. The summed E-state index contributed by atoms with van der Waals surface area (Å²) in [5.74, 6) is 0. The minimum atomic E-state index is -0.159. The van der Waals surface area contributed by atoms with E-state index >= 15 is 0 Å². The topological polar surface area (TPSA) is 16.4 Å². The molecule has 0 spiro atoms. The summed E-state index contributed by atoms with van der Waals surface area (Å²) in [6.07, 6.45) is 0. The number of nitrogens with zero attached hydrogens (tertiary/aromatic N) is 1. The summed E-state index contributed by atoms with van der Waals surface area (Å²) in [6, 6.07) is 76.8. The summed E-state index contributed by atoms with van der Waals surface area (Å²) >= 11 is 0. The molecule has 0 N–H and O–H groups in total. The van der Waals surface area contributed by atoms with Crippen molar-refractivity contribution in [2.24, 2.45) is 0 Å². The Kier molecular flexibility index (Phi) is 8.20. The molecule has 9 aromatic carbocycles. The van der Waals surface area contributed by atoms with Gasteiger partial charge in [0, 0.05) is 33.2 Å². The Labute approximate surface area is 345 Å². The van der Waals surface area contributed by atoms with Crippen LogP contribution in [0.1, 0.15) is 25.0 Å². The van der Waals surface area contributed by atoms with E-state index in [4.69, 9.17) is 4.42 Å². The Hall–Kier alpha value is -7.42. The average Bonchev–Trinajstić information content (AvgIpc) is 3.78. The van der Waals surface area contributed by atoms with Crippen LogP contribution in [-0.2, 0) is 5.41 Å². The van der Waals surface area contributed by atoms with Gasteiger partial charge in [0.2, 0.25) is 0 Å². The van der Waals surface area contributed by atoms with Crippen molar-refractivity contribution >= 4 is 39.0 Å². The first-order valence-corrected chi connectivity index (χ1v) is 20.4. The molecular weight excluding hydrogens is 715 g/mol. The highest BCUT2D eigenvalue weighted by atomic mass is 16.3. The van der Waals surface area contributed by atoms with Crippen LogP contribution in [0.4, 0.5) is 17.1 Å². The first-order valence-electron chi connectivity index (χ1n) is 20.4. The summed E-state index contributed by atoms with van der Waals surface area (Å²) in [5, 5.41) is 2.29. The monoisotopic (exact) mass is 755 g/mol. The molecule has 11 rings (SSSR count). The Morgan fingerprint density at radius 1 is 0.339 bits per heavy atom. The fraction of sp³-hybridized carbons (Fsp3) is 0.0526. The van der Waals surface area contributed by atoms with Gasteiger partial charge in [-0.15, -0.1) is 0 Å². The van der Waals surface area contributed by atoms with Crippen molar-refractivity contribution in [2.45, 2.75) is 19.3 Å². The van der Waals surface area contributed by atoms with E-state index < -0.39 is 0 Å². The molecule has 0 amide bonds. The molecule has 0 aliphatic heterocycles. The molecule has 0 unspecified atom stereocenters. The van der Waals surface area contributed by atoms with Gasteiger partial charge in [0.25, 0.3) is 0 Å².